The van der Waals surface area contributed by atoms with Crippen LogP contribution in [-0.4, -0.2) is 57.2 Å². The standard InChI is InChI=1S/C13H28O.C5H11NO3S.C4H9NO2/c1-7-11(8-2)12(4,5)13(6,9-3)10-14;1-10(8,9)4-2-3-5(6)7;1-2-7-4(6)3-5/h11,14H,7-10H2,1-6H3;2-4H2,1H3,(H2,6,7);2-3,5H2,1H3. The van der Waals surface area contributed by atoms with Gasteiger partial charge in [0, 0.05) is 19.3 Å². The molecule has 0 aromatic heterocycles. The highest BCUT2D eigenvalue weighted by Crippen LogP contribution is 2.48. The van der Waals surface area contributed by atoms with Gasteiger partial charge in [-0.25, -0.2) is 8.42 Å². The normalized spacial score (nSPS) is 13.3. The monoisotopic (exact) mass is 468 g/mol. The minimum atomic E-state index is -2.93. The molecule has 0 spiro atoms. The molecule has 1 amide bonds. The first kappa shape index (κ1) is 34.4. The number of sulfone groups is 1. The summed E-state index contributed by atoms with van der Waals surface area (Å²) < 4.78 is 25.3. The molecule has 188 valence electrons. The van der Waals surface area contributed by atoms with Gasteiger partial charge in [-0.05, 0) is 36.5 Å². The minimum absolute atomic E-state index is 0.0200. The van der Waals surface area contributed by atoms with E-state index in [4.69, 9.17) is 11.5 Å². The highest BCUT2D eigenvalue weighted by molar-refractivity contribution is 7.90. The average molecular weight is 469 g/mol. The maximum absolute atomic E-state index is 10.5. The van der Waals surface area contributed by atoms with Gasteiger partial charge >= 0.3 is 5.97 Å². The molecule has 1 unspecified atom stereocenters. The minimum Gasteiger partial charge on any atom is -0.465 e. The van der Waals surface area contributed by atoms with E-state index in [1.807, 2.05) is 0 Å². The summed E-state index contributed by atoms with van der Waals surface area (Å²) in [6.07, 6.45) is 5.07. The first-order chi connectivity index (χ1) is 14.1. The molecule has 5 N–H and O–H groups in total. The fourth-order valence-corrected chi connectivity index (χ4v) is 3.97. The first-order valence-electron chi connectivity index (χ1n) is 11.0. The van der Waals surface area contributed by atoms with Gasteiger partial charge in [0.1, 0.15) is 9.84 Å². The van der Waals surface area contributed by atoms with Crippen molar-refractivity contribution in [3.8, 4) is 0 Å². The van der Waals surface area contributed by atoms with Crippen molar-refractivity contribution >= 4 is 21.7 Å². The van der Waals surface area contributed by atoms with Crippen LogP contribution in [0.5, 0.6) is 0 Å². The number of amides is 1. The zero-order valence-electron chi connectivity index (χ0n) is 21.0. The van der Waals surface area contributed by atoms with E-state index in [0.29, 0.717) is 25.6 Å². The van der Waals surface area contributed by atoms with E-state index in [-0.39, 0.29) is 35.5 Å². The smallest absolute Gasteiger partial charge is 0.319 e. The van der Waals surface area contributed by atoms with E-state index in [9.17, 15) is 23.1 Å². The number of ether oxygens (including phenoxy) is 1. The van der Waals surface area contributed by atoms with Crippen molar-refractivity contribution in [3.05, 3.63) is 0 Å². The summed E-state index contributed by atoms with van der Waals surface area (Å²) in [4.78, 5) is 20.2. The highest BCUT2D eigenvalue weighted by Gasteiger charge is 2.43. The number of carbonyl (C=O) groups excluding carboxylic acids is 2. The molecule has 0 aliphatic rings. The van der Waals surface area contributed by atoms with Crippen LogP contribution < -0.4 is 11.5 Å². The second-order valence-electron chi connectivity index (χ2n) is 8.52. The first-order valence-corrected chi connectivity index (χ1v) is 13.1. The maximum Gasteiger partial charge on any atom is 0.319 e. The molecule has 0 aliphatic carbocycles. The van der Waals surface area contributed by atoms with Gasteiger partial charge in [0.15, 0.2) is 0 Å². The number of esters is 1. The number of nitrogens with two attached hydrogens (primary N) is 2. The van der Waals surface area contributed by atoms with Crippen molar-refractivity contribution in [2.45, 2.75) is 80.6 Å². The molecule has 0 fully saturated rings. The summed E-state index contributed by atoms with van der Waals surface area (Å²) in [5.41, 5.74) is 9.95. The van der Waals surface area contributed by atoms with Gasteiger partial charge in [-0.15, -0.1) is 0 Å². The lowest BCUT2D eigenvalue weighted by atomic mass is 9.58. The van der Waals surface area contributed by atoms with Crippen LogP contribution in [0.3, 0.4) is 0 Å². The molecule has 0 saturated heterocycles. The van der Waals surface area contributed by atoms with Crippen LogP contribution >= 0.6 is 0 Å². The van der Waals surface area contributed by atoms with Crippen molar-refractivity contribution in [2.75, 3.05) is 31.8 Å². The topological polar surface area (TPSA) is 150 Å². The second-order valence-corrected chi connectivity index (χ2v) is 10.8. The molecule has 8 nitrogen and oxygen atoms in total. The van der Waals surface area contributed by atoms with Crippen LogP contribution in [-0.2, 0) is 24.2 Å². The Labute approximate surface area is 190 Å². The molecule has 0 aromatic rings. The highest BCUT2D eigenvalue weighted by atomic mass is 32.2. The van der Waals surface area contributed by atoms with Gasteiger partial charge in [-0.3, -0.25) is 9.59 Å². The zero-order valence-corrected chi connectivity index (χ0v) is 21.8. The lowest BCUT2D eigenvalue weighted by Crippen LogP contribution is -2.43. The molecule has 1 atom stereocenters. The summed E-state index contributed by atoms with van der Waals surface area (Å²) >= 11 is 0. The Kier molecular flexibility index (Phi) is 19.3. The van der Waals surface area contributed by atoms with Crippen LogP contribution in [0.4, 0.5) is 0 Å². The van der Waals surface area contributed by atoms with E-state index in [0.717, 1.165) is 12.7 Å². The molecule has 0 heterocycles. The van der Waals surface area contributed by atoms with Gasteiger partial charge in [0.25, 0.3) is 0 Å². The summed E-state index contributed by atoms with van der Waals surface area (Å²) in [6.45, 7) is 16.0. The van der Waals surface area contributed by atoms with E-state index in [1.165, 1.54) is 12.8 Å². The molecule has 0 radical (unpaired) electrons. The SMILES string of the molecule is CCC(CC)C(C)(C)C(C)(CC)CO.CCOC(=O)CN.CS(=O)(=O)CCCC(N)=O. The van der Waals surface area contributed by atoms with E-state index in [2.05, 4.69) is 46.3 Å². The van der Waals surface area contributed by atoms with Gasteiger partial charge in [-0.1, -0.05) is 54.4 Å². The van der Waals surface area contributed by atoms with Gasteiger partial charge in [0.05, 0.1) is 18.9 Å². The molecule has 0 saturated carbocycles. The Balaban J connectivity index is -0.000000404. The number of aliphatic hydroxyl groups is 1. The Morgan fingerprint density at radius 3 is 1.77 bits per heavy atom. The summed E-state index contributed by atoms with van der Waals surface area (Å²) in [6, 6.07) is 0. The lowest BCUT2D eigenvalue weighted by molar-refractivity contribution is -0.141. The quantitative estimate of drug-likeness (QED) is 0.373. The summed E-state index contributed by atoms with van der Waals surface area (Å²) in [5, 5.41) is 9.56. The average Bonchev–Trinajstić information content (AvgIpc) is 2.67. The third kappa shape index (κ3) is 16.1. The third-order valence-corrected chi connectivity index (χ3v) is 7.13. The van der Waals surface area contributed by atoms with Crippen molar-refractivity contribution in [3.63, 3.8) is 0 Å². The second kappa shape index (κ2) is 17.4. The Bertz CT molecular complexity index is 583. The van der Waals surface area contributed by atoms with Crippen LogP contribution in [0, 0.1) is 16.7 Å². The van der Waals surface area contributed by atoms with Crippen molar-refractivity contribution in [1.82, 2.24) is 0 Å². The van der Waals surface area contributed by atoms with E-state index < -0.39 is 15.7 Å². The molecule has 0 bridgehead atoms. The largest absolute Gasteiger partial charge is 0.465 e. The Morgan fingerprint density at radius 1 is 1.06 bits per heavy atom. The van der Waals surface area contributed by atoms with Crippen molar-refractivity contribution < 1.29 is 27.9 Å². The third-order valence-electron chi connectivity index (χ3n) is 6.10. The molecular weight excluding hydrogens is 420 g/mol. The number of rotatable bonds is 12. The fraction of sp³-hybridized carbons (Fsp3) is 0.909. The summed E-state index contributed by atoms with van der Waals surface area (Å²) in [5.74, 6) is -0.0543. The zero-order chi connectivity index (χ0) is 25.3. The molecule has 9 heteroatoms. The van der Waals surface area contributed by atoms with Gasteiger partial charge in [0.2, 0.25) is 5.91 Å². The molecule has 0 aliphatic heterocycles. The van der Waals surface area contributed by atoms with Crippen LogP contribution in [0.25, 0.3) is 0 Å². The van der Waals surface area contributed by atoms with Crippen molar-refractivity contribution in [2.24, 2.45) is 28.2 Å². The molecule has 0 rings (SSSR count). The predicted octanol–water partition coefficient (Wildman–Crippen LogP) is 2.66. The van der Waals surface area contributed by atoms with Crippen LogP contribution in [0.2, 0.25) is 0 Å². The number of aliphatic hydroxyl groups excluding tert-OH is 1. The van der Waals surface area contributed by atoms with Gasteiger partial charge < -0.3 is 21.3 Å². The molecule has 0 aromatic carbocycles. The Morgan fingerprint density at radius 2 is 1.55 bits per heavy atom. The van der Waals surface area contributed by atoms with Crippen LogP contribution in [0.15, 0.2) is 0 Å². The fourth-order valence-electron chi connectivity index (χ4n) is 3.30. The van der Waals surface area contributed by atoms with Crippen LogP contribution in [0.1, 0.15) is 80.6 Å². The lowest BCUT2D eigenvalue weighted by Gasteiger charge is -2.47. The number of carbonyl (C=O) groups is 2. The van der Waals surface area contributed by atoms with Crippen molar-refractivity contribution in [1.29, 1.82) is 0 Å². The van der Waals surface area contributed by atoms with E-state index >= 15 is 0 Å². The van der Waals surface area contributed by atoms with E-state index in [1.54, 1.807) is 6.92 Å². The summed E-state index contributed by atoms with van der Waals surface area (Å²) in [7, 11) is -2.93. The molecule has 31 heavy (non-hydrogen) atoms. The molecular formula is C22H48N2O6S. The number of primary amides is 1. The predicted molar refractivity (Wildman–Crippen MR) is 127 cm³/mol. The maximum atomic E-state index is 10.5. The number of hydrogen-bond acceptors (Lipinski definition) is 7. The number of hydrogen-bond donors (Lipinski definition) is 3. The Hall–Kier alpha value is -1.19. The van der Waals surface area contributed by atoms with Gasteiger partial charge in [-0.2, -0.15) is 0 Å².